The fraction of sp³-hybridized carbons (Fsp3) is 0.500. The van der Waals surface area contributed by atoms with Gasteiger partial charge in [0.2, 0.25) is 10.0 Å². The Morgan fingerprint density at radius 2 is 1.82 bits per heavy atom. The Morgan fingerprint density at radius 3 is 2.35 bits per heavy atom. The highest BCUT2D eigenvalue weighted by Crippen LogP contribution is 2.17. The second-order valence-electron chi connectivity index (χ2n) is 4.07. The van der Waals surface area contributed by atoms with Crippen molar-refractivity contribution in [3.05, 3.63) is 24.3 Å². The molecule has 0 atom stereocenters. The number of para-hydroxylation sites is 1. The van der Waals surface area contributed by atoms with Crippen molar-refractivity contribution in [2.24, 2.45) is 5.92 Å². The Labute approximate surface area is 103 Å². The lowest BCUT2D eigenvalue weighted by Crippen LogP contribution is -2.29. The van der Waals surface area contributed by atoms with Crippen LogP contribution < -0.4 is 10.5 Å². The number of nitrogen functional groups attached to an aromatic ring is 1. The van der Waals surface area contributed by atoms with Crippen molar-refractivity contribution in [1.82, 2.24) is 4.72 Å². The quantitative estimate of drug-likeness (QED) is 0.764. The summed E-state index contributed by atoms with van der Waals surface area (Å²) in [6.07, 6.45) is 1.92. The van der Waals surface area contributed by atoms with Gasteiger partial charge in [-0.2, -0.15) is 0 Å². The lowest BCUT2D eigenvalue weighted by molar-refractivity contribution is 0.479. The summed E-state index contributed by atoms with van der Waals surface area (Å²) in [6, 6.07) is 6.49. The van der Waals surface area contributed by atoms with Gasteiger partial charge in [-0.15, -0.1) is 0 Å². The van der Waals surface area contributed by atoms with Crippen molar-refractivity contribution in [3.8, 4) is 0 Å². The lowest BCUT2D eigenvalue weighted by Gasteiger charge is -2.14. The number of sulfonamides is 1. The molecule has 1 rings (SSSR count). The SMILES string of the molecule is CCC(CC)CNS(=O)(=O)c1ccccc1N. The van der Waals surface area contributed by atoms with Gasteiger partial charge in [0, 0.05) is 6.54 Å². The molecule has 1 aromatic rings. The predicted molar refractivity (Wildman–Crippen MR) is 70.1 cm³/mol. The second-order valence-corrected chi connectivity index (χ2v) is 5.81. The zero-order valence-corrected chi connectivity index (χ0v) is 11.1. The highest BCUT2D eigenvalue weighted by Gasteiger charge is 2.17. The van der Waals surface area contributed by atoms with Crippen LogP contribution >= 0.6 is 0 Å². The third-order valence-corrected chi connectivity index (χ3v) is 4.42. The minimum Gasteiger partial charge on any atom is -0.398 e. The number of nitrogens with one attached hydrogen (secondary N) is 1. The number of nitrogens with two attached hydrogens (primary N) is 1. The van der Waals surface area contributed by atoms with E-state index in [1.807, 2.05) is 0 Å². The van der Waals surface area contributed by atoms with Crippen molar-refractivity contribution in [3.63, 3.8) is 0 Å². The van der Waals surface area contributed by atoms with E-state index in [0.717, 1.165) is 12.8 Å². The van der Waals surface area contributed by atoms with E-state index in [4.69, 9.17) is 5.73 Å². The van der Waals surface area contributed by atoms with E-state index in [9.17, 15) is 8.42 Å². The van der Waals surface area contributed by atoms with Crippen LogP contribution in [0.4, 0.5) is 5.69 Å². The zero-order valence-electron chi connectivity index (χ0n) is 10.3. The van der Waals surface area contributed by atoms with Crippen LogP contribution in [0.5, 0.6) is 0 Å². The van der Waals surface area contributed by atoms with Gasteiger partial charge < -0.3 is 5.73 Å². The summed E-state index contributed by atoms with van der Waals surface area (Å²) in [4.78, 5) is 0.158. The van der Waals surface area contributed by atoms with Crippen molar-refractivity contribution >= 4 is 15.7 Å². The van der Waals surface area contributed by atoms with Crippen LogP contribution in [-0.2, 0) is 10.0 Å². The van der Waals surface area contributed by atoms with Crippen molar-refractivity contribution in [1.29, 1.82) is 0 Å². The Morgan fingerprint density at radius 1 is 1.24 bits per heavy atom. The molecule has 0 saturated carbocycles. The van der Waals surface area contributed by atoms with E-state index < -0.39 is 10.0 Å². The van der Waals surface area contributed by atoms with Gasteiger partial charge in [-0.05, 0) is 18.1 Å². The number of benzene rings is 1. The lowest BCUT2D eigenvalue weighted by atomic mass is 10.0. The summed E-state index contributed by atoms with van der Waals surface area (Å²) in [5, 5.41) is 0. The Kier molecular flexibility index (Phi) is 4.96. The first-order chi connectivity index (χ1) is 8.01. The molecule has 3 N–H and O–H groups in total. The van der Waals surface area contributed by atoms with Crippen LogP contribution in [0.1, 0.15) is 26.7 Å². The van der Waals surface area contributed by atoms with Crippen LogP contribution in [0.2, 0.25) is 0 Å². The standard InChI is InChI=1S/C12H20N2O2S/c1-3-10(4-2)9-14-17(15,16)12-8-6-5-7-11(12)13/h5-8,10,14H,3-4,9,13H2,1-2H3. The summed E-state index contributed by atoms with van der Waals surface area (Å²) >= 11 is 0. The van der Waals surface area contributed by atoms with Crippen LogP contribution in [0.15, 0.2) is 29.2 Å². The summed E-state index contributed by atoms with van der Waals surface area (Å²) in [5.41, 5.74) is 5.94. The van der Waals surface area contributed by atoms with Crippen LogP contribution in [-0.4, -0.2) is 15.0 Å². The molecule has 0 heterocycles. The minimum atomic E-state index is -3.48. The van der Waals surface area contributed by atoms with E-state index in [1.54, 1.807) is 18.2 Å². The molecule has 0 aliphatic rings. The van der Waals surface area contributed by atoms with Gasteiger partial charge in [0.05, 0.1) is 5.69 Å². The fourth-order valence-corrected chi connectivity index (χ4v) is 2.85. The Bertz CT molecular complexity index is 453. The first kappa shape index (κ1) is 14.0. The smallest absolute Gasteiger partial charge is 0.242 e. The molecule has 0 amide bonds. The molecule has 5 heteroatoms. The van der Waals surface area contributed by atoms with Gasteiger partial charge in [-0.3, -0.25) is 0 Å². The van der Waals surface area contributed by atoms with E-state index in [0.29, 0.717) is 12.5 Å². The van der Waals surface area contributed by atoms with Crippen molar-refractivity contribution in [2.45, 2.75) is 31.6 Å². The number of rotatable bonds is 6. The molecule has 17 heavy (non-hydrogen) atoms. The first-order valence-electron chi connectivity index (χ1n) is 5.85. The molecule has 0 bridgehead atoms. The molecule has 0 radical (unpaired) electrons. The second kappa shape index (κ2) is 6.02. The molecule has 0 fully saturated rings. The molecule has 0 aliphatic heterocycles. The summed E-state index contributed by atoms with van der Waals surface area (Å²) in [6.45, 7) is 4.57. The van der Waals surface area contributed by atoms with Gasteiger partial charge >= 0.3 is 0 Å². The van der Waals surface area contributed by atoms with Crippen LogP contribution in [0.3, 0.4) is 0 Å². The maximum Gasteiger partial charge on any atom is 0.242 e. The third-order valence-electron chi connectivity index (χ3n) is 2.93. The average Bonchev–Trinajstić information content (AvgIpc) is 2.30. The van der Waals surface area contributed by atoms with E-state index in [-0.39, 0.29) is 10.6 Å². The topological polar surface area (TPSA) is 72.2 Å². The summed E-state index contributed by atoms with van der Waals surface area (Å²) < 4.78 is 26.6. The maximum atomic E-state index is 12.0. The minimum absolute atomic E-state index is 0.158. The average molecular weight is 256 g/mol. The van der Waals surface area contributed by atoms with Gasteiger partial charge in [-0.25, -0.2) is 13.1 Å². The highest BCUT2D eigenvalue weighted by molar-refractivity contribution is 7.89. The zero-order chi connectivity index (χ0) is 12.9. The normalized spacial score (nSPS) is 11.9. The predicted octanol–water partition coefficient (Wildman–Crippen LogP) is 1.98. The van der Waals surface area contributed by atoms with E-state index in [2.05, 4.69) is 18.6 Å². The van der Waals surface area contributed by atoms with E-state index >= 15 is 0 Å². The Balaban J connectivity index is 2.80. The third kappa shape index (κ3) is 3.71. The molecule has 96 valence electrons. The molecule has 0 aliphatic carbocycles. The number of hydrogen-bond donors (Lipinski definition) is 2. The van der Waals surface area contributed by atoms with Crippen LogP contribution in [0, 0.1) is 5.92 Å². The molecule has 1 aromatic carbocycles. The molecule has 4 nitrogen and oxygen atoms in total. The largest absolute Gasteiger partial charge is 0.398 e. The fourth-order valence-electron chi connectivity index (χ4n) is 1.61. The van der Waals surface area contributed by atoms with Gasteiger partial charge in [-0.1, -0.05) is 38.8 Å². The van der Waals surface area contributed by atoms with Crippen LogP contribution in [0.25, 0.3) is 0 Å². The number of anilines is 1. The highest BCUT2D eigenvalue weighted by atomic mass is 32.2. The molecule has 0 saturated heterocycles. The van der Waals surface area contributed by atoms with Gasteiger partial charge in [0.25, 0.3) is 0 Å². The molecular weight excluding hydrogens is 236 g/mol. The summed E-state index contributed by atoms with van der Waals surface area (Å²) in [7, 11) is -3.48. The molecule has 0 unspecified atom stereocenters. The Hall–Kier alpha value is -1.07. The molecular formula is C12H20N2O2S. The number of hydrogen-bond acceptors (Lipinski definition) is 3. The van der Waals surface area contributed by atoms with Crippen molar-refractivity contribution < 1.29 is 8.42 Å². The monoisotopic (exact) mass is 256 g/mol. The maximum absolute atomic E-state index is 12.0. The first-order valence-corrected chi connectivity index (χ1v) is 7.33. The van der Waals surface area contributed by atoms with Crippen molar-refractivity contribution in [2.75, 3.05) is 12.3 Å². The molecule has 0 aromatic heterocycles. The van der Waals surface area contributed by atoms with E-state index in [1.165, 1.54) is 6.07 Å². The van der Waals surface area contributed by atoms with Gasteiger partial charge in [0.1, 0.15) is 4.90 Å². The summed E-state index contributed by atoms with van der Waals surface area (Å²) in [5.74, 6) is 0.370. The van der Waals surface area contributed by atoms with Gasteiger partial charge in [0.15, 0.2) is 0 Å². The molecule has 0 spiro atoms.